The van der Waals surface area contributed by atoms with Crippen molar-refractivity contribution in [2.24, 2.45) is 0 Å². The second kappa shape index (κ2) is 12.2. The van der Waals surface area contributed by atoms with Crippen LogP contribution in [0.15, 0.2) is 85.2 Å². The molecule has 2 heterocycles. The van der Waals surface area contributed by atoms with Crippen LogP contribution >= 0.6 is 0 Å². The molecule has 0 saturated carbocycles. The highest BCUT2D eigenvalue weighted by atomic mass is 19.4. The van der Waals surface area contributed by atoms with Gasteiger partial charge in [0.05, 0.1) is 22.9 Å². The van der Waals surface area contributed by atoms with E-state index >= 15 is 0 Å². The lowest BCUT2D eigenvalue weighted by Crippen LogP contribution is -2.33. The van der Waals surface area contributed by atoms with E-state index in [4.69, 9.17) is 0 Å². The third-order valence-corrected chi connectivity index (χ3v) is 7.03. The second-order valence-electron chi connectivity index (χ2n) is 10.0. The Morgan fingerprint density at radius 1 is 0.932 bits per heavy atom. The molecular weight excluding hydrogens is 586 g/mol. The highest BCUT2D eigenvalue weighted by molar-refractivity contribution is 5.95. The maximum absolute atomic E-state index is 14.4. The van der Waals surface area contributed by atoms with Crippen molar-refractivity contribution in [3.63, 3.8) is 0 Å². The number of fused-ring (bicyclic) bond motifs is 1. The molecule has 0 aliphatic carbocycles. The number of alkyl halides is 3. The molecule has 0 fully saturated rings. The number of carbonyl (C=O) groups excluding carboxylic acids is 2. The van der Waals surface area contributed by atoms with Gasteiger partial charge in [-0.25, -0.2) is 13.2 Å². The number of pyridine rings is 1. The molecular formula is C32H24F6N4O2. The van der Waals surface area contributed by atoms with E-state index in [-0.39, 0.29) is 35.3 Å². The molecule has 0 spiro atoms. The summed E-state index contributed by atoms with van der Waals surface area (Å²) in [7, 11) is 1.35. The largest absolute Gasteiger partial charge is 0.416 e. The van der Waals surface area contributed by atoms with Crippen molar-refractivity contribution in [3.05, 3.63) is 125 Å². The number of benzene rings is 3. The Morgan fingerprint density at radius 2 is 1.68 bits per heavy atom. The van der Waals surface area contributed by atoms with Crippen LogP contribution in [0.4, 0.5) is 26.3 Å². The van der Waals surface area contributed by atoms with Gasteiger partial charge in [-0.3, -0.25) is 14.6 Å². The van der Waals surface area contributed by atoms with Gasteiger partial charge in [0.15, 0.2) is 0 Å². The molecule has 0 unspecified atom stereocenters. The van der Waals surface area contributed by atoms with Crippen molar-refractivity contribution in [1.82, 2.24) is 20.2 Å². The number of hydrogen-bond donors (Lipinski definition) is 2. The van der Waals surface area contributed by atoms with Crippen LogP contribution in [0, 0.1) is 17.5 Å². The fourth-order valence-electron chi connectivity index (χ4n) is 5.01. The lowest BCUT2D eigenvalue weighted by atomic mass is 9.94. The molecule has 2 amide bonds. The van der Waals surface area contributed by atoms with Gasteiger partial charge in [-0.15, -0.1) is 0 Å². The first-order valence-corrected chi connectivity index (χ1v) is 13.3. The summed E-state index contributed by atoms with van der Waals surface area (Å²) in [4.78, 5) is 30.1. The van der Waals surface area contributed by atoms with Crippen LogP contribution in [0.3, 0.4) is 0 Å². The molecule has 12 heteroatoms. The summed E-state index contributed by atoms with van der Waals surface area (Å²) in [6.07, 6.45) is -1.79. The van der Waals surface area contributed by atoms with Gasteiger partial charge in [0.1, 0.15) is 24.0 Å². The Morgan fingerprint density at radius 3 is 2.39 bits per heavy atom. The minimum absolute atomic E-state index is 0.126. The normalized spacial score (nSPS) is 12.2. The number of aromatic nitrogens is 2. The van der Waals surface area contributed by atoms with Crippen LogP contribution in [-0.4, -0.2) is 28.4 Å². The maximum Gasteiger partial charge on any atom is 0.416 e. The summed E-state index contributed by atoms with van der Waals surface area (Å²) < 4.78 is 84.0. The zero-order valence-electron chi connectivity index (χ0n) is 23.1. The number of rotatable bonds is 8. The van der Waals surface area contributed by atoms with Crippen molar-refractivity contribution >= 4 is 22.7 Å². The smallest absolute Gasteiger partial charge is 0.355 e. The van der Waals surface area contributed by atoms with Gasteiger partial charge in [0.25, 0.3) is 5.91 Å². The Bertz CT molecular complexity index is 1850. The topological polar surface area (TPSA) is 76.0 Å². The molecule has 1 atom stereocenters. The monoisotopic (exact) mass is 610 g/mol. The summed E-state index contributed by atoms with van der Waals surface area (Å²) >= 11 is 0. The van der Waals surface area contributed by atoms with Crippen LogP contribution in [0.25, 0.3) is 22.0 Å². The predicted molar refractivity (Wildman–Crippen MR) is 151 cm³/mol. The predicted octanol–water partition coefficient (Wildman–Crippen LogP) is 6.60. The maximum atomic E-state index is 14.4. The van der Waals surface area contributed by atoms with E-state index < -0.39 is 47.0 Å². The van der Waals surface area contributed by atoms with Gasteiger partial charge in [0.2, 0.25) is 5.91 Å². The van der Waals surface area contributed by atoms with Gasteiger partial charge in [0, 0.05) is 36.6 Å². The van der Waals surface area contributed by atoms with Crippen LogP contribution in [-0.2, 0) is 23.9 Å². The Balaban J connectivity index is 1.52. The Labute approximate surface area is 247 Å². The van der Waals surface area contributed by atoms with Crippen LogP contribution < -0.4 is 10.6 Å². The standard InChI is InChI=1S/C32H24F6N4O2/c1-39-31(44)25-14-20(5-7-26(25)35)24-3-2-9-40-30(24)27(13-18-11-22(33)16-23(34)12-18)41-29(43)17-42-10-8-19-4-6-21(15-28(19)42)32(36,37)38/h2-12,14-16,27H,13,17H2,1H3,(H,39,44)(H,41,43)/t27-/m0/s1. The van der Waals surface area contributed by atoms with Gasteiger partial charge in [-0.2, -0.15) is 13.2 Å². The van der Waals surface area contributed by atoms with Crippen LogP contribution in [0.5, 0.6) is 0 Å². The average molecular weight is 611 g/mol. The van der Waals surface area contributed by atoms with Crippen LogP contribution in [0.1, 0.15) is 33.2 Å². The van der Waals surface area contributed by atoms with Gasteiger partial charge >= 0.3 is 6.18 Å². The van der Waals surface area contributed by atoms with E-state index in [0.717, 1.165) is 30.3 Å². The number of halogens is 6. The summed E-state index contributed by atoms with van der Waals surface area (Å²) in [6.45, 7) is -0.377. The minimum atomic E-state index is -4.58. The number of nitrogens with zero attached hydrogens (tertiary/aromatic N) is 2. The highest BCUT2D eigenvalue weighted by Gasteiger charge is 2.31. The lowest BCUT2D eigenvalue weighted by molar-refractivity contribution is -0.137. The average Bonchev–Trinajstić information content (AvgIpc) is 3.37. The molecule has 2 aromatic heterocycles. The second-order valence-corrected chi connectivity index (χ2v) is 10.0. The van der Waals surface area contributed by atoms with E-state index in [0.29, 0.717) is 22.6 Å². The highest BCUT2D eigenvalue weighted by Crippen LogP contribution is 2.33. The van der Waals surface area contributed by atoms with E-state index in [1.807, 2.05) is 0 Å². The summed E-state index contributed by atoms with van der Waals surface area (Å²) in [5.41, 5.74) is 0.308. The number of hydrogen-bond acceptors (Lipinski definition) is 3. The number of carbonyl (C=O) groups is 2. The molecule has 0 bridgehead atoms. The summed E-state index contributed by atoms with van der Waals surface area (Å²) in [5.74, 6) is -3.71. The molecule has 0 aliphatic rings. The first-order valence-electron chi connectivity index (χ1n) is 13.3. The zero-order valence-corrected chi connectivity index (χ0v) is 23.1. The fraction of sp³-hybridized carbons (Fsp3) is 0.156. The molecule has 5 aromatic rings. The molecule has 226 valence electrons. The van der Waals surface area contributed by atoms with Crippen molar-refractivity contribution in [2.75, 3.05) is 7.05 Å². The third kappa shape index (κ3) is 6.59. The molecule has 5 rings (SSSR count). The van der Waals surface area contributed by atoms with Crippen molar-refractivity contribution in [1.29, 1.82) is 0 Å². The summed E-state index contributed by atoms with van der Waals surface area (Å²) in [5, 5.41) is 5.65. The van der Waals surface area contributed by atoms with E-state index in [1.165, 1.54) is 42.2 Å². The summed E-state index contributed by atoms with van der Waals surface area (Å²) in [6, 6.07) is 13.8. The Kier molecular flexibility index (Phi) is 8.43. The van der Waals surface area contributed by atoms with Crippen molar-refractivity contribution < 1.29 is 35.9 Å². The SMILES string of the molecule is CNC(=O)c1cc(-c2cccnc2[C@H](Cc2cc(F)cc(F)c2)NC(=O)Cn2ccc3ccc(C(F)(F)F)cc32)ccc1F. The third-order valence-electron chi connectivity index (χ3n) is 7.03. The van der Waals surface area contributed by atoms with E-state index in [1.54, 1.807) is 18.2 Å². The first kappa shape index (κ1) is 30.3. The number of nitrogens with one attached hydrogen (secondary N) is 2. The molecule has 6 nitrogen and oxygen atoms in total. The molecule has 44 heavy (non-hydrogen) atoms. The molecule has 3 aromatic carbocycles. The minimum Gasteiger partial charge on any atom is -0.355 e. The lowest BCUT2D eigenvalue weighted by Gasteiger charge is -2.22. The van der Waals surface area contributed by atoms with Crippen molar-refractivity contribution in [3.8, 4) is 11.1 Å². The Hall–Kier alpha value is -5.13. The van der Waals surface area contributed by atoms with Gasteiger partial charge in [-0.1, -0.05) is 18.2 Å². The van der Waals surface area contributed by atoms with Gasteiger partial charge in [-0.05, 0) is 71.5 Å². The first-order chi connectivity index (χ1) is 20.9. The fourth-order valence-corrected chi connectivity index (χ4v) is 5.01. The quantitative estimate of drug-likeness (QED) is 0.195. The molecule has 0 aliphatic heterocycles. The van der Waals surface area contributed by atoms with E-state index in [9.17, 15) is 35.9 Å². The molecule has 2 N–H and O–H groups in total. The van der Waals surface area contributed by atoms with E-state index in [2.05, 4.69) is 15.6 Å². The number of amides is 2. The zero-order chi connectivity index (χ0) is 31.6. The van der Waals surface area contributed by atoms with Crippen molar-refractivity contribution in [2.45, 2.75) is 25.2 Å². The van der Waals surface area contributed by atoms with Gasteiger partial charge < -0.3 is 15.2 Å². The molecule has 0 radical (unpaired) electrons. The van der Waals surface area contributed by atoms with Crippen LogP contribution in [0.2, 0.25) is 0 Å². The molecule has 0 saturated heterocycles.